The number of hydrogen-bond acceptors (Lipinski definition) is 1. The molecule has 0 aliphatic heterocycles. The van der Waals surface area contributed by atoms with Crippen molar-refractivity contribution in [1.82, 2.24) is 5.32 Å². The Bertz CT molecular complexity index is 1070. The first-order valence-electron chi connectivity index (χ1n) is 10.7. The minimum Gasteiger partial charge on any atom is -0.310 e. The number of benzene rings is 3. The number of halogens is 3. The fourth-order valence-electron chi connectivity index (χ4n) is 2.75. The van der Waals surface area contributed by atoms with Crippen LogP contribution in [0.5, 0.6) is 0 Å². The topological polar surface area (TPSA) is 12.0 Å². The molecule has 0 amide bonds. The van der Waals surface area contributed by atoms with Gasteiger partial charge in [0.25, 0.3) is 0 Å². The normalized spacial score (nSPS) is 18.2. The van der Waals surface area contributed by atoms with Gasteiger partial charge in [-0.05, 0) is 54.2 Å². The molecule has 26 heavy (non-hydrogen) atoms. The van der Waals surface area contributed by atoms with Crippen molar-refractivity contribution in [1.29, 1.82) is 0 Å². The summed E-state index contributed by atoms with van der Waals surface area (Å²) in [5.74, 6) is 0. The predicted molar refractivity (Wildman–Crippen MR) is 100 cm³/mol. The van der Waals surface area contributed by atoms with E-state index in [9.17, 15) is 13.2 Å². The lowest BCUT2D eigenvalue weighted by Crippen LogP contribution is -2.20. The van der Waals surface area contributed by atoms with E-state index in [2.05, 4.69) is 5.32 Å². The van der Waals surface area contributed by atoms with Crippen molar-refractivity contribution in [3.63, 3.8) is 0 Å². The predicted octanol–water partition coefficient (Wildman–Crippen LogP) is 6.14. The highest BCUT2D eigenvalue weighted by atomic mass is 19.4. The highest BCUT2D eigenvalue weighted by molar-refractivity contribution is 5.86. The summed E-state index contributed by atoms with van der Waals surface area (Å²) in [5.41, 5.74) is -0.762. The van der Waals surface area contributed by atoms with Gasteiger partial charge in [-0.25, -0.2) is 0 Å². The zero-order valence-corrected chi connectivity index (χ0v) is 14.2. The van der Waals surface area contributed by atoms with Crippen LogP contribution < -0.4 is 5.32 Å². The van der Waals surface area contributed by atoms with E-state index in [-0.39, 0.29) is 5.56 Å². The van der Waals surface area contributed by atoms with Crippen LogP contribution in [-0.4, -0.2) is 6.50 Å². The van der Waals surface area contributed by atoms with Gasteiger partial charge in [0, 0.05) is 11.5 Å². The molecule has 0 heterocycles. The van der Waals surface area contributed by atoms with Crippen LogP contribution >= 0.6 is 0 Å². The van der Waals surface area contributed by atoms with Crippen LogP contribution in [0, 0.1) is 0 Å². The summed E-state index contributed by atoms with van der Waals surface area (Å²) >= 11 is 0. The van der Waals surface area contributed by atoms with Crippen LogP contribution in [0.3, 0.4) is 0 Å². The minimum absolute atomic E-state index is 0.273. The number of rotatable bonds is 6. The molecule has 0 radical (unpaired) electrons. The van der Waals surface area contributed by atoms with Crippen molar-refractivity contribution in [3.05, 3.63) is 83.4 Å². The summed E-state index contributed by atoms with van der Waals surface area (Å²) in [6.45, 7) is -0.919. The van der Waals surface area contributed by atoms with Gasteiger partial charge in [-0.2, -0.15) is 13.2 Å². The maximum atomic E-state index is 13.0. The van der Waals surface area contributed by atoms with Gasteiger partial charge in [0.15, 0.2) is 0 Å². The second kappa shape index (κ2) is 7.92. The van der Waals surface area contributed by atoms with Gasteiger partial charge in [-0.1, -0.05) is 60.7 Å². The maximum absolute atomic E-state index is 13.0. The Balaban J connectivity index is 1.87. The van der Waals surface area contributed by atoms with Crippen LogP contribution in [0.25, 0.3) is 10.8 Å². The lowest BCUT2D eigenvalue weighted by atomic mass is 9.99. The van der Waals surface area contributed by atoms with Gasteiger partial charge in [-0.15, -0.1) is 0 Å². The fourth-order valence-corrected chi connectivity index (χ4v) is 2.75. The molecule has 0 aliphatic carbocycles. The molecule has 0 saturated heterocycles. The molecule has 0 saturated carbocycles. The molecule has 1 nitrogen and oxygen atoms in total. The van der Waals surface area contributed by atoms with Crippen molar-refractivity contribution in [2.24, 2.45) is 0 Å². The largest absolute Gasteiger partial charge is 0.416 e. The average molecular weight is 362 g/mol. The summed E-state index contributed by atoms with van der Waals surface area (Å²) < 4.78 is 80.7. The Morgan fingerprint density at radius 1 is 1.04 bits per heavy atom. The van der Waals surface area contributed by atoms with E-state index in [1.165, 1.54) is 13.0 Å². The summed E-state index contributed by atoms with van der Waals surface area (Å²) in [7, 11) is 0. The molecule has 0 unspecified atom stereocenters. The van der Waals surface area contributed by atoms with Crippen molar-refractivity contribution < 1.29 is 20.0 Å². The smallest absolute Gasteiger partial charge is 0.310 e. The van der Waals surface area contributed by atoms with Gasteiger partial charge in [-0.3, -0.25) is 0 Å². The zero-order chi connectivity index (χ0) is 23.1. The van der Waals surface area contributed by atoms with Gasteiger partial charge in [0.05, 0.1) is 6.93 Å². The summed E-state index contributed by atoms with van der Waals surface area (Å²) in [6.07, 6.45) is -7.80. The SMILES string of the molecule is [2H]C([2H])(CC([2H])([2H])c1cccc(C(F)(F)F)c1)N[C@]([2H])(C)c1cccc2ccccc12. The molecule has 1 N–H and O–H groups in total. The van der Waals surface area contributed by atoms with E-state index >= 15 is 0 Å². The van der Waals surface area contributed by atoms with Crippen molar-refractivity contribution in [2.45, 2.75) is 31.9 Å². The molecule has 3 rings (SSSR count). The van der Waals surface area contributed by atoms with Crippen LogP contribution in [0.4, 0.5) is 13.2 Å². The highest BCUT2D eigenvalue weighted by Gasteiger charge is 2.30. The summed E-state index contributed by atoms with van der Waals surface area (Å²) in [6, 6.07) is 14.9. The van der Waals surface area contributed by atoms with Crippen molar-refractivity contribution in [3.8, 4) is 0 Å². The van der Waals surface area contributed by atoms with Gasteiger partial charge in [0.2, 0.25) is 0 Å². The van der Waals surface area contributed by atoms with Crippen molar-refractivity contribution >= 4 is 10.8 Å². The molecule has 0 aromatic heterocycles. The van der Waals surface area contributed by atoms with Crippen LogP contribution in [0.2, 0.25) is 0 Å². The number of alkyl halides is 3. The standard InChI is InChI=1S/C22H22F3N/c1-16(20-13-5-10-18-9-2-3-12-21(18)20)26-14-6-8-17-7-4-11-19(15-17)22(23,24)25/h2-5,7,9-13,15-16,26H,6,8,14H2,1H3/t16-/m1/s1/i8D2,14D2,16D. The third kappa shape index (κ3) is 4.44. The average Bonchev–Trinajstić information content (AvgIpc) is 2.65. The Kier molecular flexibility index (Phi) is 3.94. The molecule has 136 valence electrons. The second-order valence-corrected chi connectivity index (χ2v) is 5.89. The number of hydrogen-bond donors (Lipinski definition) is 1. The second-order valence-electron chi connectivity index (χ2n) is 5.89. The summed E-state index contributed by atoms with van der Waals surface area (Å²) in [5, 5.41) is 4.18. The molecule has 4 heteroatoms. The molecule has 3 aromatic carbocycles. The lowest BCUT2D eigenvalue weighted by molar-refractivity contribution is -0.137. The third-order valence-electron chi connectivity index (χ3n) is 4.04. The molecule has 3 aromatic rings. The Morgan fingerprint density at radius 3 is 2.58 bits per heavy atom. The third-order valence-corrected chi connectivity index (χ3v) is 4.04. The Hall–Kier alpha value is -2.33. The molecule has 0 fully saturated rings. The maximum Gasteiger partial charge on any atom is 0.416 e. The van der Waals surface area contributed by atoms with Gasteiger partial charge < -0.3 is 5.32 Å². The van der Waals surface area contributed by atoms with Crippen LogP contribution in [0.15, 0.2) is 66.7 Å². The van der Waals surface area contributed by atoms with E-state index in [1.54, 1.807) is 12.1 Å². The van der Waals surface area contributed by atoms with Crippen LogP contribution in [-0.2, 0) is 12.5 Å². The molecule has 0 aliphatic rings. The quantitative estimate of drug-likeness (QED) is 0.555. The lowest BCUT2D eigenvalue weighted by Gasteiger charge is -2.17. The van der Waals surface area contributed by atoms with E-state index in [1.807, 2.05) is 30.3 Å². The molecular formula is C22H22F3N. The van der Waals surface area contributed by atoms with E-state index in [0.717, 1.165) is 22.9 Å². The first-order valence-corrected chi connectivity index (χ1v) is 8.17. The number of nitrogens with one attached hydrogen (secondary N) is 1. The van der Waals surface area contributed by atoms with E-state index in [4.69, 9.17) is 6.85 Å². The van der Waals surface area contributed by atoms with Gasteiger partial charge >= 0.3 is 6.18 Å². The first-order chi connectivity index (χ1) is 14.2. The van der Waals surface area contributed by atoms with Gasteiger partial charge in [0.1, 0.15) is 0 Å². The zero-order valence-electron chi connectivity index (χ0n) is 19.2. The van der Waals surface area contributed by atoms with Crippen molar-refractivity contribution in [2.75, 3.05) is 6.50 Å². The Labute approximate surface area is 158 Å². The highest BCUT2D eigenvalue weighted by Crippen LogP contribution is 2.29. The Morgan fingerprint density at radius 2 is 1.77 bits per heavy atom. The first kappa shape index (κ1) is 12.9. The molecule has 0 spiro atoms. The van der Waals surface area contributed by atoms with E-state index < -0.39 is 37.0 Å². The molecular weight excluding hydrogens is 335 g/mol. The minimum atomic E-state index is -4.63. The molecule has 0 bridgehead atoms. The summed E-state index contributed by atoms with van der Waals surface area (Å²) in [4.78, 5) is 0. The van der Waals surface area contributed by atoms with E-state index in [0.29, 0.717) is 11.6 Å². The monoisotopic (exact) mass is 362 g/mol. The van der Waals surface area contributed by atoms with Crippen LogP contribution in [0.1, 0.15) is 42.9 Å². The molecule has 1 atom stereocenters. The fraction of sp³-hybridized carbons (Fsp3) is 0.273. The number of aryl methyl sites for hydroxylation is 1. The number of fused-ring (bicyclic) bond motifs is 1.